The van der Waals surface area contributed by atoms with Crippen LogP contribution in [0.5, 0.6) is 0 Å². The molecule has 0 fully saturated rings. The molecule has 0 atom stereocenters. The lowest BCUT2D eigenvalue weighted by atomic mass is 10.1. The lowest BCUT2D eigenvalue weighted by molar-refractivity contribution is 0.521. The van der Waals surface area contributed by atoms with Crippen molar-refractivity contribution >= 4 is 5.69 Å². The van der Waals surface area contributed by atoms with Gasteiger partial charge < -0.3 is 9.73 Å². The van der Waals surface area contributed by atoms with E-state index >= 15 is 0 Å². The summed E-state index contributed by atoms with van der Waals surface area (Å²) in [5, 5.41) is 3.38. The smallest absolute Gasteiger partial charge is 0.191 e. The van der Waals surface area contributed by atoms with Crippen LogP contribution in [0.15, 0.2) is 53.3 Å². The number of hydrogen-bond donors (Lipinski definition) is 1. The summed E-state index contributed by atoms with van der Waals surface area (Å²) in [6, 6.07) is 12.3. The summed E-state index contributed by atoms with van der Waals surface area (Å²) in [6.07, 6.45) is 3.57. The Bertz CT molecular complexity index is 715. The summed E-state index contributed by atoms with van der Waals surface area (Å²) in [4.78, 5) is 8.61. The highest BCUT2D eigenvalue weighted by Crippen LogP contribution is 2.21. The Kier molecular flexibility index (Phi) is 3.69. The zero-order valence-corrected chi connectivity index (χ0v) is 12.1. The van der Waals surface area contributed by atoms with Gasteiger partial charge in [0, 0.05) is 36.6 Å². The maximum absolute atomic E-state index is 5.23. The van der Waals surface area contributed by atoms with E-state index in [4.69, 9.17) is 4.42 Å². The van der Waals surface area contributed by atoms with Crippen molar-refractivity contribution in [3.8, 4) is 11.3 Å². The van der Waals surface area contributed by atoms with Gasteiger partial charge in [-0.15, -0.1) is 0 Å². The number of hydrogen-bond acceptors (Lipinski definition) is 4. The van der Waals surface area contributed by atoms with Crippen molar-refractivity contribution in [2.75, 3.05) is 5.32 Å². The SMILES string of the molecule is Cc1ccc(CNc2ccc(-c3coc(C)n3)cc2)cn1. The molecular formula is C17H17N3O. The molecule has 21 heavy (non-hydrogen) atoms. The number of nitrogens with one attached hydrogen (secondary N) is 1. The minimum Gasteiger partial charge on any atom is -0.449 e. The standard InChI is InChI=1S/C17H17N3O/c1-12-3-4-14(9-18-12)10-19-16-7-5-15(6-8-16)17-11-21-13(2)20-17/h3-9,11,19H,10H2,1-2H3. The highest BCUT2D eigenvalue weighted by Gasteiger charge is 2.03. The van der Waals surface area contributed by atoms with Gasteiger partial charge in [-0.1, -0.05) is 18.2 Å². The maximum Gasteiger partial charge on any atom is 0.191 e. The van der Waals surface area contributed by atoms with E-state index in [1.165, 1.54) is 0 Å². The second-order valence-electron chi connectivity index (χ2n) is 4.99. The van der Waals surface area contributed by atoms with E-state index in [-0.39, 0.29) is 0 Å². The van der Waals surface area contributed by atoms with E-state index in [9.17, 15) is 0 Å². The first kappa shape index (κ1) is 13.4. The number of pyridine rings is 1. The second-order valence-corrected chi connectivity index (χ2v) is 4.99. The van der Waals surface area contributed by atoms with E-state index < -0.39 is 0 Å². The summed E-state index contributed by atoms with van der Waals surface area (Å²) in [5.74, 6) is 0.680. The van der Waals surface area contributed by atoms with Crippen LogP contribution in [0.4, 0.5) is 5.69 Å². The van der Waals surface area contributed by atoms with Gasteiger partial charge in [-0.05, 0) is 30.7 Å². The normalized spacial score (nSPS) is 10.6. The third kappa shape index (κ3) is 3.28. The average molecular weight is 279 g/mol. The average Bonchev–Trinajstić information content (AvgIpc) is 2.94. The van der Waals surface area contributed by atoms with Crippen LogP contribution in [0.3, 0.4) is 0 Å². The molecule has 1 aromatic carbocycles. The molecule has 0 radical (unpaired) electrons. The molecule has 4 heteroatoms. The molecule has 0 spiro atoms. The maximum atomic E-state index is 5.23. The summed E-state index contributed by atoms with van der Waals surface area (Å²) in [6.45, 7) is 4.59. The molecule has 0 saturated heterocycles. The molecule has 3 rings (SSSR count). The van der Waals surface area contributed by atoms with Gasteiger partial charge in [-0.3, -0.25) is 4.98 Å². The van der Waals surface area contributed by atoms with Crippen molar-refractivity contribution in [3.63, 3.8) is 0 Å². The minimum absolute atomic E-state index is 0.680. The van der Waals surface area contributed by atoms with Gasteiger partial charge >= 0.3 is 0 Å². The van der Waals surface area contributed by atoms with Crippen molar-refractivity contribution in [3.05, 3.63) is 66.0 Å². The number of rotatable bonds is 4. The molecule has 1 N–H and O–H groups in total. The van der Waals surface area contributed by atoms with Crippen molar-refractivity contribution < 1.29 is 4.42 Å². The van der Waals surface area contributed by atoms with Gasteiger partial charge in [0.1, 0.15) is 12.0 Å². The van der Waals surface area contributed by atoms with Crippen LogP contribution in [0.2, 0.25) is 0 Å². The first-order chi connectivity index (χ1) is 10.2. The van der Waals surface area contributed by atoms with Crippen LogP contribution in [0.25, 0.3) is 11.3 Å². The van der Waals surface area contributed by atoms with Gasteiger partial charge in [0.2, 0.25) is 0 Å². The third-order valence-electron chi connectivity index (χ3n) is 3.27. The number of aromatic nitrogens is 2. The van der Waals surface area contributed by atoms with Gasteiger partial charge in [0.15, 0.2) is 5.89 Å². The second kappa shape index (κ2) is 5.79. The van der Waals surface area contributed by atoms with Crippen molar-refractivity contribution in [2.24, 2.45) is 0 Å². The van der Waals surface area contributed by atoms with Gasteiger partial charge in [-0.25, -0.2) is 4.98 Å². The largest absolute Gasteiger partial charge is 0.449 e. The zero-order chi connectivity index (χ0) is 14.7. The van der Waals surface area contributed by atoms with Gasteiger partial charge in [0.25, 0.3) is 0 Å². The predicted octanol–water partition coefficient (Wildman–Crippen LogP) is 3.97. The zero-order valence-electron chi connectivity index (χ0n) is 12.1. The predicted molar refractivity (Wildman–Crippen MR) is 83.0 cm³/mol. The van der Waals surface area contributed by atoms with E-state index in [2.05, 4.69) is 21.4 Å². The lowest BCUT2D eigenvalue weighted by Crippen LogP contribution is -1.99. The number of anilines is 1. The highest BCUT2D eigenvalue weighted by molar-refractivity contribution is 5.61. The lowest BCUT2D eigenvalue weighted by Gasteiger charge is -2.07. The third-order valence-corrected chi connectivity index (χ3v) is 3.27. The molecule has 2 aromatic heterocycles. The Morgan fingerprint density at radius 2 is 1.86 bits per heavy atom. The summed E-state index contributed by atoms with van der Waals surface area (Å²) in [7, 11) is 0. The van der Waals surface area contributed by atoms with Gasteiger partial charge in [-0.2, -0.15) is 0 Å². The topological polar surface area (TPSA) is 51.0 Å². The van der Waals surface area contributed by atoms with Crippen LogP contribution < -0.4 is 5.32 Å². The fraction of sp³-hybridized carbons (Fsp3) is 0.176. The first-order valence-corrected chi connectivity index (χ1v) is 6.89. The Morgan fingerprint density at radius 3 is 2.48 bits per heavy atom. The minimum atomic E-state index is 0.680. The fourth-order valence-corrected chi connectivity index (χ4v) is 2.06. The summed E-state index contributed by atoms with van der Waals surface area (Å²) < 4.78 is 5.23. The number of aryl methyl sites for hydroxylation is 2. The highest BCUT2D eigenvalue weighted by atomic mass is 16.3. The molecule has 2 heterocycles. The Hall–Kier alpha value is -2.62. The summed E-state index contributed by atoms with van der Waals surface area (Å²) >= 11 is 0. The Morgan fingerprint density at radius 1 is 1.05 bits per heavy atom. The van der Waals surface area contributed by atoms with E-state index in [0.29, 0.717) is 5.89 Å². The fourth-order valence-electron chi connectivity index (χ4n) is 2.06. The van der Waals surface area contributed by atoms with Crippen LogP contribution in [0, 0.1) is 13.8 Å². The Balaban J connectivity index is 1.65. The molecule has 0 amide bonds. The molecule has 0 bridgehead atoms. The van der Waals surface area contributed by atoms with Crippen molar-refractivity contribution in [1.29, 1.82) is 0 Å². The van der Waals surface area contributed by atoms with E-state index in [0.717, 1.165) is 34.7 Å². The quantitative estimate of drug-likeness (QED) is 0.785. The monoisotopic (exact) mass is 279 g/mol. The number of benzene rings is 1. The van der Waals surface area contributed by atoms with Crippen LogP contribution in [-0.4, -0.2) is 9.97 Å². The molecule has 0 aliphatic rings. The first-order valence-electron chi connectivity index (χ1n) is 6.89. The van der Waals surface area contributed by atoms with Crippen molar-refractivity contribution in [2.45, 2.75) is 20.4 Å². The molecule has 106 valence electrons. The molecule has 0 unspecified atom stereocenters. The van der Waals surface area contributed by atoms with E-state index in [1.807, 2.05) is 50.4 Å². The van der Waals surface area contributed by atoms with Gasteiger partial charge in [0.05, 0.1) is 0 Å². The molecule has 0 aliphatic heterocycles. The number of oxazole rings is 1. The molecular weight excluding hydrogens is 262 g/mol. The molecule has 3 aromatic rings. The summed E-state index contributed by atoms with van der Waals surface area (Å²) in [5.41, 5.74) is 5.18. The van der Waals surface area contributed by atoms with Crippen molar-refractivity contribution in [1.82, 2.24) is 9.97 Å². The number of nitrogens with zero attached hydrogens (tertiary/aromatic N) is 2. The Labute approximate surface area is 123 Å². The van der Waals surface area contributed by atoms with Crippen LogP contribution in [-0.2, 0) is 6.54 Å². The van der Waals surface area contributed by atoms with E-state index in [1.54, 1.807) is 6.26 Å². The van der Waals surface area contributed by atoms with Crippen LogP contribution >= 0.6 is 0 Å². The van der Waals surface area contributed by atoms with Crippen LogP contribution in [0.1, 0.15) is 17.1 Å². The molecule has 4 nitrogen and oxygen atoms in total. The molecule has 0 saturated carbocycles. The molecule has 0 aliphatic carbocycles.